The van der Waals surface area contributed by atoms with Gasteiger partial charge in [0.25, 0.3) is 0 Å². The monoisotopic (exact) mass is 209 g/mol. The van der Waals surface area contributed by atoms with Gasteiger partial charge in [-0.05, 0) is 0 Å². The van der Waals surface area contributed by atoms with Crippen LogP contribution in [0.2, 0.25) is 0 Å². The number of ether oxygens (including phenoxy) is 2. The Morgan fingerprint density at radius 2 is 1.92 bits per heavy atom. The van der Waals surface area contributed by atoms with Gasteiger partial charge in [0.15, 0.2) is 0 Å². The van der Waals surface area contributed by atoms with Crippen LogP contribution in [0, 0.1) is 0 Å². The van der Waals surface area contributed by atoms with Gasteiger partial charge in [0.1, 0.15) is 11.7 Å². The van der Waals surface area contributed by atoms with Gasteiger partial charge in [0, 0.05) is 26.1 Å². The lowest BCUT2D eigenvalue weighted by atomic mass is 9.87. The van der Waals surface area contributed by atoms with E-state index in [1.165, 1.54) is 0 Å². The Balaban J connectivity index is 0.000000845. The van der Waals surface area contributed by atoms with Gasteiger partial charge < -0.3 is 20.3 Å². The quantitative estimate of drug-likeness (QED) is 0.574. The number of aliphatic hydroxyl groups is 1. The van der Waals surface area contributed by atoms with Crippen molar-refractivity contribution in [2.24, 2.45) is 5.73 Å². The van der Waals surface area contributed by atoms with E-state index in [9.17, 15) is 5.11 Å². The van der Waals surface area contributed by atoms with Gasteiger partial charge in [0.05, 0.1) is 12.6 Å². The van der Waals surface area contributed by atoms with Crippen LogP contribution in [-0.2, 0) is 9.47 Å². The Labute approximate surface area is 83.8 Å². The highest BCUT2D eigenvalue weighted by Crippen LogP contribution is 2.34. The fourth-order valence-electron chi connectivity index (χ4n) is 1.99. The molecule has 0 aromatic carbocycles. The lowest BCUT2D eigenvalue weighted by Gasteiger charge is -2.35. The average molecular weight is 210 g/mol. The molecule has 4 nitrogen and oxygen atoms in total. The normalized spacial score (nSPS) is 37.4. The Hall–Kier alpha value is 0.130. The van der Waals surface area contributed by atoms with E-state index in [2.05, 4.69) is 0 Å². The Kier molecular flexibility index (Phi) is 3.54. The van der Waals surface area contributed by atoms with E-state index in [4.69, 9.17) is 15.2 Å². The van der Waals surface area contributed by atoms with E-state index in [0.29, 0.717) is 19.8 Å². The van der Waals surface area contributed by atoms with Crippen molar-refractivity contribution in [3.05, 3.63) is 0 Å². The van der Waals surface area contributed by atoms with E-state index in [1.807, 2.05) is 0 Å². The summed E-state index contributed by atoms with van der Waals surface area (Å²) < 4.78 is 10.8. The molecule has 0 saturated carbocycles. The van der Waals surface area contributed by atoms with Crippen molar-refractivity contribution in [1.29, 1.82) is 0 Å². The summed E-state index contributed by atoms with van der Waals surface area (Å²) in [5.41, 5.74) is 5.28. The lowest BCUT2D eigenvalue weighted by Crippen LogP contribution is -2.49. The number of halogens is 1. The summed E-state index contributed by atoms with van der Waals surface area (Å²) in [7, 11) is 0. The van der Waals surface area contributed by atoms with Crippen molar-refractivity contribution in [2.75, 3.05) is 19.8 Å². The van der Waals surface area contributed by atoms with Crippen LogP contribution >= 0.6 is 12.4 Å². The summed E-state index contributed by atoms with van der Waals surface area (Å²) in [6.45, 7) is 1.81. The molecule has 0 aliphatic carbocycles. The summed E-state index contributed by atoms with van der Waals surface area (Å²) >= 11 is 0. The SMILES string of the molecule is Cl.N[C@@H]1COC2(CCOCC2)[C@H]1O. The highest BCUT2D eigenvalue weighted by Gasteiger charge is 2.48. The van der Waals surface area contributed by atoms with E-state index < -0.39 is 11.7 Å². The fraction of sp³-hybridized carbons (Fsp3) is 1.00. The van der Waals surface area contributed by atoms with Gasteiger partial charge in [-0.25, -0.2) is 0 Å². The minimum atomic E-state index is -0.513. The van der Waals surface area contributed by atoms with Crippen LogP contribution in [-0.4, -0.2) is 42.7 Å². The smallest absolute Gasteiger partial charge is 0.100 e. The fourth-order valence-corrected chi connectivity index (χ4v) is 1.99. The highest BCUT2D eigenvalue weighted by molar-refractivity contribution is 5.85. The van der Waals surface area contributed by atoms with Crippen molar-refractivity contribution < 1.29 is 14.6 Å². The first-order valence-electron chi connectivity index (χ1n) is 4.40. The zero-order valence-corrected chi connectivity index (χ0v) is 8.26. The third-order valence-electron chi connectivity index (χ3n) is 2.85. The van der Waals surface area contributed by atoms with Gasteiger partial charge in [-0.15, -0.1) is 12.4 Å². The van der Waals surface area contributed by atoms with Crippen LogP contribution in [0.5, 0.6) is 0 Å². The molecule has 2 atom stereocenters. The largest absolute Gasteiger partial charge is 0.388 e. The second-order valence-corrected chi connectivity index (χ2v) is 3.60. The van der Waals surface area contributed by atoms with Gasteiger partial charge in [-0.2, -0.15) is 0 Å². The minimum absolute atomic E-state index is 0. The minimum Gasteiger partial charge on any atom is -0.388 e. The second-order valence-electron chi connectivity index (χ2n) is 3.60. The molecule has 0 amide bonds. The highest BCUT2D eigenvalue weighted by atomic mass is 35.5. The molecule has 2 aliphatic rings. The molecule has 13 heavy (non-hydrogen) atoms. The molecule has 2 heterocycles. The number of rotatable bonds is 0. The van der Waals surface area contributed by atoms with Crippen LogP contribution in [0.1, 0.15) is 12.8 Å². The number of hydrogen-bond acceptors (Lipinski definition) is 4. The van der Waals surface area contributed by atoms with Crippen LogP contribution < -0.4 is 5.73 Å². The van der Waals surface area contributed by atoms with Gasteiger partial charge in [-0.3, -0.25) is 0 Å². The van der Waals surface area contributed by atoms with E-state index in [1.54, 1.807) is 0 Å². The van der Waals surface area contributed by atoms with Gasteiger partial charge in [-0.1, -0.05) is 0 Å². The summed E-state index contributed by atoms with van der Waals surface area (Å²) in [6.07, 6.45) is 1.02. The maximum atomic E-state index is 9.77. The van der Waals surface area contributed by atoms with Crippen LogP contribution in [0.3, 0.4) is 0 Å². The van der Waals surface area contributed by atoms with Crippen molar-refractivity contribution in [3.63, 3.8) is 0 Å². The van der Waals surface area contributed by atoms with Crippen molar-refractivity contribution in [1.82, 2.24) is 0 Å². The summed E-state index contributed by atoms with van der Waals surface area (Å²) in [5, 5.41) is 9.77. The molecule has 0 bridgehead atoms. The third kappa shape index (κ3) is 1.82. The number of hydrogen-bond donors (Lipinski definition) is 2. The molecule has 2 rings (SSSR count). The molecule has 3 N–H and O–H groups in total. The molecule has 2 aliphatic heterocycles. The van der Waals surface area contributed by atoms with Crippen molar-refractivity contribution in [3.8, 4) is 0 Å². The third-order valence-corrected chi connectivity index (χ3v) is 2.85. The van der Waals surface area contributed by atoms with Crippen molar-refractivity contribution in [2.45, 2.75) is 30.6 Å². The Morgan fingerprint density at radius 3 is 2.38 bits per heavy atom. The second kappa shape index (κ2) is 4.11. The lowest BCUT2D eigenvalue weighted by molar-refractivity contribution is -0.119. The van der Waals surface area contributed by atoms with E-state index >= 15 is 0 Å². The maximum Gasteiger partial charge on any atom is 0.100 e. The zero-order valence-electron chi connectivity index (χ0n) is 7.44. The molecular weight excluding hydrogens is 194 g/mol. The molecule has 0 aromatic rings. The molecule has 1 spiro atoms. The Bertz CT molecular complexity index is 167. The van der Waals surface area contributed by atoms with Crippen LogP contribution in [0.15, 0.2) is 0 Å². The molecular formula is C8H16ClNO3. The first-order chi connectivity index (χ1) is 5.75. The van der Waals surface area contributed by atoms with Crippen LogP contribution in [0.25, 0.3) is 0 Å². The Morgan fingerprint density at radius 1 is 1.31 bits per heavy atom. The molecule has 0 aromatic heterocycles. The first-order valence-corrected chi connectivity index (χ1v) is 4.40. The first kappa shape index (κ1) is 11.2. The topological polar surface area (TPSA) is 64.7 Å². The van der Waals surface area contributed by atoms with Crippen LogP contribution in [0.4, 0.5) is 0 Å². The molecule has 0 radical (unpaired) electrons. The molecule has 0 unspecified atom stereocenters. The molecule has 5 heteroatoms. The molecule has 2 fully saturated rings. The predicted octanol–water partition coefficient (Wildman–Crippen LogP) is -0.324. The van der Waals surface area contributed by atoms with Gasteiger partial charge >= 0.3 is 0 Å². The molecule has 78 valence electrons. The standard InChI is InChI=1S/C8H15NO3.ClH/c9-6-5-12-8(7(6)10)1-3-11-4-2-8;/h6-7,10H,1-5,9H2;1H/t6-,7+;/m1./s1. The van der Waals surface area contributed by atoms with Crippen molar-refractivity contribution >= 4 is 12.4 Å². The predicted molar refractivity (Wildman–Crippen MR) is 50.0 cm³/mol. The van der Waals surface area contributed by atoms with E-state index in [0.717, 1.165) is 12.8 Å². The summed E-state index contributed by atoms with van der Waals surface area (Å²) in [5.74, 6) is 0. The average Bonchev–Trinajstić information content (AvgIpc) is 2.37. The summed E-state index contributed by atoms with van der Waals surface area (Å²) in [6, 6.07) is -0.219. The maximum absolute atomic E-state index is 9.77. The number of aliphatic hydroxyl groups excluding tert-OH is 1. The molecule has 2 saturated heterocycles. The van der Waals surface area contributed by atoms with E-state index in [-0.39, 0.29) is 18.4 Å². The number of nitrogens with two attached hydrogens (primary N) is 1. The zero-order chi connectivity index (χ0) is 8.60. The van der Waals surface area contributed by atoms with Gasteiger partial charge in [0.2, 0.25) is 0 Å². The summed E-state index contributed by atoms with van der Waals surface area (Å²) in [4.78, 5) is 0.